The van der Waals surface area contributed by atoms with Gasteiger partial charge >= 0.3 is 0 Å². The number of para-hydroxylation sites is 1. The van der Waals surface area contributed by atoms with Gasteiger partial charge in [0.15, 0.2) is 11.5 Å². The van der Waals surface area contributed by atoms with Crippen LogP contribution in [0.2, 0.25) is 0 Å². The number of rotatable bonds is 3. The summed E-state index contributed by atoms with van der Waals surface area (Å²) < 4.78 is 12.9. The second kappa shape index (κ2) is 5.61. The van der Waals surface area contributed by atoms with Gasteiger partial charge in [-0.3, -0.25) is 4.79 Å². The van der Waals surface area contributed by atoms with E-state index in [4.69, 9.17) is 9.47 Å². The standard InChI is InChI=1S/C17H13N3O3S/c1-22-13-7-10-9-18-20(16(21)11(10)8-14(13)23-2)17-19-12-5-3-4-6-15(12)24-17/h3-9H,1-2H3. The number of hydrogen-bond donors (Lipinski definition) is 0. The van der Waals surface area contributed by atoms with E-state index < -0.39 is 0 Å². The van der Waals surface area contributed by atoms with E-state index in [0.717, 1.165) is 10.2 Å². The quantitative estimate of drug-likeness (QED) is 0.574. The van der Waals surface area contributed by atoms with Crippen LogP contribution >= 0.6 is 11.3 Å². The van der Waals surface area contributed by atoms with Crippen LogP contribution in [0.25, 0.3) is 26.1 Å². The zero-order chi connectivity index (χ0) is 16.7. The second-order valence-corrected chi connectivity index (χ2v) is 6.13. The first kappa shape index (κ1) is 14.6. The third kappa shape index (κ3) is 2.21. The van der Waals surface area contributed by atoms with E-state index in [9.17, 15) is 4.79 Å². The Morgan fingerprint density at radius 2 is 1.83 bits per heavy atom. The van der Waals surface area contributed by atoms with Crippen LogP contribution in [-0.4, -0.2) is 29.0 Å². The van der Waals surface area contributed by atoms with E-state index in [0.29, 0.717) is 27.4 Å². The summed E-state index contributed by atoms with van der Waals surface area (Å²) in [7, 11) is 3.09. The molecule has 0 aliphatic carbocycles. The van der Waals surface area contributed by atoms with Gasteiger partial charge in [0, 0.05) is 5.39 Å². The maximum atomic E-state index is 12.8. The molecule has 7 heteroatoms. The lowest BCUT2D eigenvalue weighted by Crippen LogP contribution is -2.20. The SMILES string of the molecule is COc1cc2cnn(-c3nc4ccccc4s3)c(=O)c2cc1OC. The predicted molar refractivity (Wildman–Crippen MR) is 93.6 cm³/mol. The van der Waals surface area contributed by atoms with Gasteiger partial charge < -0.3 is 9.47 Å². The van der Waals surface area contributed by atoms with Crippen molar-refractivity contribution >= 4 is 32.3 Å². The molecule has 0 fully saturated rings. The molecule has 0 saturated heterocycles. The third-order valence-corrected chi connectivity index (χ3v) is 4.77. The normalized spacial score (nSPS) is 11.1. The molecule has 6 nitrogen and oxygen atoms in total. The first-order valence-electron chi connectivity index (χ1n) is 7.21. The molecule has 0 saturated carbocycles. The summed E-state index contributed by atoms with van der Waals surface area (Å²) in [4.78, 5) is 17.3. The highest BCUT2D eigenvalue weighted by molar-refractivity contribution is 7.20. The molecule has 2 aromatic carbocycles. The van der Waals surface area contributed by atoms with Crippen molar-refractivity contribution in [1.82, 2.24) is 14.8 Å². The highest BCUT2D eigenvalue weighted by Crippen LogP contribution is 2.31. The van der Waals surface area contributed by atoms with E-state index >= 15 is 0 Å². The lowest BCUT2D eigenvalue weighted by Gasteiger charge is -2.09. The monoisotopic (exact) mass is 339 g/mol. The summed E-state index contributed by atoms with van der Waals surface area (Å²) in [5.74, 6) is 1.06. The summed E-state index contributed by atoms with van der Waals surface area (Å²) in [5.41, 5.74) is 0.603. The highest BCUT2D eigenvalue weighted by atomic mass is 32.1. The Labute approximate surface area is 140 Å². The van der Waals surface area contributed by atoms with Crippen LogP contribution in [0.5, 0.6) is 11.5 Å². The molecule has 0 N–H and O–H groups in total. The van der Waals surface area contributed by atoms with Crippen molar-refractivity contribution in [1.29, 1.82) is 0 Å². The van der Waals surface area contributed by atoms with Gasteiger partial charge in [-0.05, 0) is 24.3 Å². The average Bonchev–Trinajstić information content (AvgIpc) is 3.04. The minimum absolute atomic E-state index is 0.243. The lowest BCUT2D eigenvalue weighted by molar-refractivity contribution is 0.356. The molecule has 4 aromatic rings. The van der Waals surface area contributed by atoms with Gasteiger partial charge in [-0.2, -0.15) is 9.78 Å². The van der Waals surface area contributed by atoms with E-state index in [2.05, 4.69) is 10.1 Å². The molecule has 4 rings (SSSR count). The summed E-state index contributed by atoms with van der Waals surface area (Å²) in [6, 6.07) is 11.1. The van der Waals surface area contributed by atoms with Crippen molar-refractivity contribution in [3.05, 3.63) is 52.9 Å². The fourth-order valence-electron chi connectivity index (χ4n) is 2.56. The van der Waals surface area contributed by atoms with Crippen LogP contribution < -0.4 is 15.0 Å². The summed E-state index contributed by atoms with van der Waals surface area (Å²) >= 11 is 1.42. The molecule has 120 valence electrons. The van der Waals surface area contributed by atoms with Gasteiger partial charge in [0.05, 0.1) is 36.0 Å². The van der Waals surface area contributed by atoms with Gasteiger partial charge in [-0.1, -0.05) is 23.5 Å². The number of aromatic nitrogens is 3. The van der Waals surface area contributed by atoms with Crippen LogP contribution in [-0.2, 0) is 0 Å². The molecule has 24 heavy (non-hydrogen) atoms. The Hall–Kier alpha value is -2.93. The fraction of sp³-hybridized carbons (Fsp3) is 0.118. The third-order valence-electron chi connectivity index (χ3n) is 3.75. The summed E-state index contributed by atoms with van der Waals surface area (Å²) in [6.45, 7) is 0. The van der Waals surface area contributed by atoms with Crippen LogP contribution in [0, 0.1) is 0 Å². The summed E-state index contributed by atoms with van der Waals surface area (Å²) in [5, 5.41) is 5.99. The molecule has 0 atom stereocenters. The second-order valence-electron chi connectivity index (χ2n) is 5.12. The van der Waals surface area contributed by atoms with Gasteiger partial charge in [0.2, 0.25) is 5.13 Å². The minimum atomic E-state index is -0.243. The molecule has 0 spiro atoms. The maximum Gasteiger partial charge on any atom is 0.281 e. The fourth-order valence-corrected chi connectivity index (χ4v) is 3.48. The Morgan fingerprint density at radius 3 is 2.58 bits per heavy atom. The zero-order valence-corrected chi connectivity index (χ0v) is 13.8. The number of thiazole rings is 1. The van der Waals surface area contributed by atoms with Gasteiger partial charge in [0.1, 0.15) is 0 Å². The van der Waals surface area contributed by atoms with E-state index in [1.807, 2.05) is 24.3 Å². The average molecular weight is 339 g/mol. The number of nitrogens with zero attached hydrogens (tertiary/aromatic N) is 3. The smallest absolute Gasteiger partial charge is 0.281 e. The van der Waals surface area contributed by atoms with Crippen molar-refractivity contribution in [3.63, 3.8) is 0 Å². The number of fused-ring (bicyclic) bond motifs is 2. The van der Waals surface area contributed by atoms with E-state index in [-0.39, 0.29) is 5.56 Å². The van der Waals surface area contributed by atoms with Crippen LogP contribution in [0.1, 0.15) is 0 Å². The zero-order valence-electron chi connectivity index (χ0n) is 13.0. The molecular formula is C17H13N3O3S. The van der Waals surface area contributed by atoms with Crippen LogP contribution in [0.3, 0.4) is 0 Å². The number of hydrogen-bond acceptors (Lipinski definition) is 6. The molecule has 0 aliphatic heterocycles. The first-order chi connectivity index (χ1) is 11.7. The van der Waals surface area contributed by atoms with Gasteiger partial charge in [0.25, 0.3) is 5.56 Å². The van der Waals surface area contributed by atoms with Crippen molar-refractivity contribution in [2.24, 2.45) is 0 Å². The van der Waals surface area contributed by atoms with Crippen molar-refractivity contribution in [3.8, 4) is 16.6 Å². The van der Waals surface area contributed by atoms with Gasteiger partial charge in [-0.15, -0.1) is 0 Å². The Morgan fingerprint density at radius 1 is 1.08 bits per heavy atom. The Balaban J connectivity index is 1.96. The Kier molecular flexibility index (Phi) is 3.42. The molecular weight excluding hydrogens is 326 g/mol. The number of methoxy groups -OCH3 is 2. The van der Waals surface area contributed by atoms with E-state index in [1.54, 1.807) is 25.4 Å². The summed E-state index contributed by atoms with van der Waals surface area (Å²) in [6.07, 6.45) is 1.63. The topological polar surface area (TPSA) is 66.2 Å². The molecule has 0 unspecified atom stereocenters. The first-order valence-corrected chi connectivity index (χ1v) is 8.03. The Bertz CT molecular complexity index is 1080. The molecule has 0 aliphatic rings. The molecule has 0 bridgehead atoms. The number of benzene rings is 2. The maximum absolute atomic E-state index is 12.8. The molecule has 2 aromatic heterocycles. The predicted octanol–water partition coefficient (Wildman–Crippen LogP) is 3.01. The molecule has 0 radical (unpaired) electrons. The molecule has 0 amide bonds. The van der Waals surface area contributed by atoms with Crippen molar-refractivity contribution < 1.29 is 9.47 Å². The minimum Gasteiger partial charge on any atom is -0.493 e. The van der Waals surface area contributed by atoms with Gasteiger partial charge in [-0.25, -0.2) is 4.98 Å². The van der Waals surface area contributed by atoms with E-state index in [1.165, 1.54) is 23.1 Å². The van der Waals surface area contributed by atoms with Crippen LogP contribution in [0.4, 0.5) is 0 Å². The van der Waals surface area contributed by atoms with Crippen molar-refractivity contribution in [2.75, 3.05) is 14.2 Å². The molecule has 2 heterocycles. The highest BCUT2D eigenvalue weighted by Gasteiger charge is 2.14. The lowest BCUT2D eigenvalue weighted by atomic mass is 10.2. The largest absolute Gasteiger partial charge is 0.493 e. The van der Waals surface area contributed by atoms with Crippen molar-refractivity contribution in [2.45, 2.75) is 0 Å². The number of ether oxygens (including phenoxy) is 2. The van der Waals surface area contributed by atoms with Crippen LogP contribution in [0.15, 0.2) is 47.4 Å².